The van der Waals surface area contributed by atoms with E-state index in [0.717, 1.165) is 18.5 Å². The Kier molecular flexibility index (Phi) is 8.31. The number of nitro benzene ring substituents is 1. The van der Waals surface area contributed by atoms with Crippen LogP contribution in [0.15, 0.2) is 18.2 Å². The smallest absolute Gasteiger partial charge is 0.275 e. The minimum absolute atomic E-state index is 0.115. The zero-order valence-corrected chi connectivity index (χ0v) is 14.4. The van der Waals surface area contributed by atoms with Crippen LogP contribution in [-0.4, -0.2) is 24.1 Å². The van der Waals surface area contributed by atoms with Crippen molar-refractivity contribution < 1.29 is 9.66 Å². The van der Waals surface area contributed by atoms with Crippen molar-refractivity contribution in [1.29, 1.82) is 0 Å². The predicted octanol–water partition coefficient (Wildman–Crippen LogP) is 3.31. The lowest BCUT2D eigenvalue weighted by Gasteiger charge is -2.09. The molecule has 1 rings (SSSR count). The quantitative estimate of drug-likeness (QED) is 0.346. The van der Waals surface area contributed by atoms with E-state index in [4.69, 9.17) is 4.74 Å². The van der Waals surface area contributed by atoms with Gasteiger partial charge in [-0.3, -0.25) is 10.1 Å². The van der Waals surface area contributed by atoms with Crippen LogP contribution < -0.4 is 5.32 Å². The number of hydrogen-bond donors (Lipinski definition) is 1. The maximum absolute atomic E-state index is 11.2. The van der Waals surface area contributed by atoms with Crippen LogP contribution in [-0.2, 0) is 17.8 Å². The summed E-state index contributed by atoms with van der Waals surface area (Å²) in [5, 5.41) is 14.5. The summed E-state index contributed by atoms with van der Waals surface area (Å²) in [6, 6.07) is 5.75. The van der Waals surface area contributed by atoms with Gasteiger partial charge in [-0.05, 0) is 24.6 Å². The minimum atomic E-state index is -0.349. The second-order valence-corrected chi connectivity index (χ2v) is 6.05. The van der Waals surface area contributed by atoms with Gasteiger partial charge in [-0.2, -0.15) is 0 Å². The summed E-state index contributed by atoms with van der Waals surface area (Å²) < 4.78 is 5.42. The highest BCUT2D eigenvalue weighted by Gasteiger charge is 2.14. The second-order valence-electron chi connectivity index (χ2n) is 6.05. The van der Waals surface area contributed by atoms with E-state index in [0.29, 0.717) is 17.5 Å². The number of hydrogen-bond acceptors (Lipinski definition) is 4. The van der Waals surface area contributed by atoms with Crippen molar-refractivity contribution in [3.8, 4) is 11.8 Å². The molecule has 1 N–H and O–H groups in total. The lowest BCUT2D eigenvalue weighted by molar-refractivity contribution is -0.386. The van der Waals surface area contributed by atoms with Crippen molar-refractivity contribution >= 4 is 5.69 Å². The van der Waals surface area contributed by atoms with Gasteiger partial charge in [0.15, 0.2) is 0 Å². The normalized spacial score (nSPS) is 10.7. The average Bonchev–Trinajstić information content (AvgIpc) is 2.47. The van der Waals surface area contributed by atoms with E-state index in [2.05, 4.69) is 31.0 Å². The molecule has 0 radical (unpaired) electrons. The SMILES string of the molecule is CC(C)C#CCOCc1ccc(CCNC(C)C)cc1[N+](=O)[O-]. The van der Waals surface area contributed by atoms with Crippen LogP contribution in [0.3, 0.4) is 0 Å². The molecule has 0 heterocycles. The lowest BCUT2D eigenvalue weighted by atomic mass is 10.1. The number of nitrogens with one attached hydrogen (secondary N) is 1. The van der Waals surface area contributed by atoms with Gasteiger partial charge in [-0.25, -0.2) is 0 Å². The fourth-order valence-electron chi connectivity index (χ4n) is 2.02. The third-order valence-electron chi connectivity index (χ3n) is 3.14. The molecule has 5 nitrogen and oxygen atoms in total. The fraction of sp³-hybridized carbons (Fsp3) is 0.556. The van der Waals surface area contributed by atoms with Gasteiger partial charge in [0.25, 0.3) is 5.69 Å². The first-order chi connectivity index (χ1) is 10.9. The molecule has 0 saturated heterocycles. The standard InChI is InChI=1S/C18H26N2O3/c1-14(2)6-5-11-23-13-17-8-7-16(9-10-19-15(3)4)12-18(17)20(21)22/h7-8,12,14-15,19H,9-11,13H2,1-4H3. The summed E-state index contributed by atoms with van der Waals surface area (Å²) in [5.74, 6) is 6.20. The number of rotatable bonds is 8. The van der Waals surface area contributed by atoms with E-state index in [1.54, 1.807) is 12.1 Å². The highest BCUT2D eigenvalue weighted by molar-refractivity contribution is 5.43. The highest BCUT2D eigenvalue weighted by Crippen LogP contribution is 2.21. The molecule has 0 aromatic heterocycles. The highest BCUT2D eigenvalue weighted by atomic mass is 16.6. The Labute approximate surface area is 138 Å². The van der Waals surface area contributed by atoms with Crippen LogP contribution >= 0.6 is 0 Å². The molecule has 0 spiro atoms. The predicted molar refractivity (Wildman–Crippen MR) is 92.2 cm³/mol. The molecule has 1 aromatic rings. The zero-order chi connectivity index (χ0) is 17.2. The van der Waals surface area contributed by atoms with E-state index in [9.17, 15) is 10.1 Å². The van der Waals surface area contributed by atoms with Crippen LogP contribution in [0.1, 0.15) is 38.8 Å². The Morgan fingerprint density at radius 2 is 2.04 bits per heavy atom. The summed E-state index contributed by atoms with van der Waals surface area (Å²) in [6.45, 7) is 9.45. The molecule has 1 aromatic carbocycles. The monoisotopic (exact) mass is 318 g/mol. The van der Waals surface area contributed by atoms with Crippen LogP contribution in [0.2, 0.25) is 0 Å². The van der Waals surface area contributed by atoms with E-state index >= 15 is 0 Å². The van der Waals surface area contributed by atoms with Gasteiger partial charge in [0.1, 0.15) is 6.61 Å². The number of ether oxygens (including phenoxy) is 1. The molecule has 0 saturated carbocycles. The van der Waals surface area contributed by atoms with Gasteiger partial charge in [-0.1, -0.05) is 45.6 Å². The first-order valence-electron chi connectivity index (χ1n) is 7.96. The zero-order valence-electron chi connectivity index (χ0n) is 14.4. The van der Waals surface area contributed by atoms with Gasteiger partial charge >= 0.3 is 0 Å². The summed E-state index contributed by atoms with van der Waals surface area (Å²) >= 11 is 0. The minimum Gasteiger partial charge on any atom is -0.364 e. The molecule has 0 fully saturated rings. The Bertz CT molecular complexity index is 571. The van der Waals surface area contributed by atoms with Gasteiger partial charge in [0.05, 0.1) is 17.1 Å². The fourth-order valence-corrected chi connectivity index (χ4v) is 2.02. The summed E-state index contributed by atoms with van der Waals surface area (Å²) in [5.41, 5.74) is 1.65. The maximum atomic E-state index is 11.2. The molecular formula is C18H26N2O3. The third kappa shape index (κ3) is 7.78. The molecular weight excluding hydrogens is 292 g/mol. The molecule has 23 heavy (non-hydrogen) atoms. The maximum Gasteiger partial charge on any atom is 0.275 e. The Balaban J connectivity index is 2.65. The average molecular weight is 318 g/mol. The first-order valence-corrected chi connectivity index (χ1v) is 7.96. The Morgan fingerprint density at radius 3 is 2.65 bits per heavy atom. The Hall–Kier alpha value is -1.90. The molecule has 0 aliphatic rings. The summed E-state index contributed by atoms with van der Waals surface area (Å²) in [4.78, 5) is 10.9. The van der Waals surface area contributed by atoms with E-state index in [1.165, 1.54) is 0 Å². The van der Waals surface area contributed by atoms with Crippen LogP contribution in [0, 0.1) is 27.9 Å². The topological polar surface area (TPSA) is 64.4 Å². The molecule has 126 valence electrons. The van der Waals surface area contributed by atoms with Crippen molar-refractivity contribution in [2.75, 3.05) is 13.2 Å². The molecule has 0 aliphatic heterocycles. The second kappa shape index (κ2) is 9.98. The largest absolute Gasteiger partial charge is 0.364 e. The molecule has 0 bridgehead atoms. The molecule has 0 amide bonds. The number of benzene rings is 1. The van der Waals surface area contributed by atoms with Gasteiger partial charge in [0, 0.05) is 18.0 Å². The van der Waals surface area contributed by atoms with Crippen molar-refractivity contribution in [2.45, 2.75) is 46.8 Å². The van der Waals surface area contributed by atoms with Crippen molar-refractivity contribution in [2.24, 2.45) is 5.92 Å². The van der Waals surface area contributed by atoms with Gasteiger partial charge < -0.3 is 10.1 Å². The van der Waals surface area contributed by atoms with Crippen LogP contribution in [0.25, 0.3) is 0 Å². The van der Waals surface area contributed by atoms with E-state index in [-0.39, 0.29) is 23.8 Å². The van der Waals surface area contributed by atoms with E-state index in [1.807, 2.05) is 19.9 Å². The molecule has 0 unspecified atom stereocenters. The van der Waals surface area contributed by atoms with Crippen molar-refractivity contribution in [3.05, 3.63) is 39.4 Å². The third-order valence-corrected chi connectivity index (χ3v) is 3.14. The van der Waals surface area contributed by atoms with E-state index < -0.39 is 0 Å². The molecule has 0 atom stereocenters. The van der Waals surface area contributed by atoms with Crippen LogP contribution in [0.5, 0.6) is 0 Å². The lowest BCUT2D eigenvalue weighted by Crippen LogP contribution is -2.24. The van der Waals surface area contributed by atoms with Crippen LogP contribution in [0.4, 0.5) is 5.69 Å². The summed E-state index contributed by atoms with van der Waals surface area (Å²) in [6.07, 6.45) is 0.764. The molecule has 0 aliphatic carbocycles. The summed E-state index contributed by atoms with van der Waals surface area (Å²) in [7, 11) is 0. The molecule has 5 heteroatoms. The van der Waals surface area contributed by atoms with Crippen molar-refractivity contribution in [3.63, 3.8) is 0 Å². The first kappa shape index (κ1) is 19.1. The Morgan fingerprint density at radius 1 is 1.30 bits per heavy atom. The number of nitrogens with zero attached hydrogens (tertiary/aromatic N) is 1. The number of nitro groups is 1. The van der Waals surface area contributed by atoms with Crippen molar-refractivity contribution in [1.82, 2.24) is 5.32 Å². The van der Waals surface area contributed by atoms with Gasteiger partial charge in [0.2, 0.25) is 0 Å². The van der Waals surface area contributed by atoms with Gasteiger partial charge in [-0.15, -0.1) is 0 Å².